The van der Waals surface area contributed by atoms with Crippen LogP contribution in [0, 0.1) is 0 Å². The number of ether oxygens (including phenoxy) is 2. The van der Waals surface area contributed by atoms with Crippen molar-refractivity contribution in [3.63, 3.8) is 0 Å². The summed E-state index contributed by atoms with van der Waals surface area (Å²) in [6.07, 6.45) is -8.03. The third-order valence-corrected chi connectivity index (χ3v) is 9.51. The van der Waals surface area contributed by atoms with E-state index in [0.29, 0.717) is 0 Å². The maximum absolute atomic E-state index is 15.9. The first-order valence-electron chi connectivity index (χ1n) is 12.7. The molecule has 7 heterocycles. The van der Waals surface area contributed by atoms with Gasteiger partial charge in [-0.25, -0.2) is 24.3 Å². The Kier molecular flexibility index (Phi) is 7.41. The van der Waals surface area contributed by atoms with E-state index in [9.17, 15) is 19.4 Å². The van der Waals surface area contributed by atoms with Gasteiger partial charge in [-0.2, -0.15) is 4.98 Å². The Balaban J connectivity index is 1.15. The molecule has 24 heteroatoms. The van der Waals surface area contributed by atoms with Crippen LogP contribution in [-0.2, 0) is 43.9 Å². The van der Waals surface area contributed by atoms with Gasteiger partial charge in [0.2, 0.25) is 5.95 Å². The van der Waals surface area contributed by atoms with Gasteiger partial charge in [-0.05, 0) is 11.8 Å². The van der Waals surface area contributed by atoms with Crippen LogP contribution >= 0.6 is 15.0 Å². The highest BCUT2D eigenvalue weighted by atomic mass is 32.5. The van der Waals surface area contributed by atoms with Crippen molar-refractivity contribution in [3.05, 3.63) is 29.3 Å². The number of fused-ring (bicyclic) bond motifs is 4. The number of hydrogen-bond acceptors (Lipinski definition) is 17. The molecule has 0 saturated carbocycles. The Labute approximate surface area is 249 Å². The summed E-state index contributed by atoms with van der Waals surface area (Å²) in [4.78, 5) is 45.5. The number of halogens is 1. The number of aromatic amines is 1. The van der Waals surface area contributed by atoms with E-state index in [1.807, 2.05) is 0 Å². The summed E-state index contributed by atoms with van der Waals surface area (Å²) < 4.78 is 64.9. The van der Waals surface area contributed by atoms with E-state index in [0.717, 1.165) is 0 Å². The van der Waals surface area contributed by atoms with E-state index in [4.69, 9.17) is 50.8 Å². The Morgan fingerprint density at radius 2 is 1.75 bits per heavy atom. The molecule has 3 aliphatic heterocycles. The Morgan fingerprint density at radius 1 is 1.05 bits per heavy atom. The molecule has 0 aliphatic carbocycles. The summed E-state index contributed by atoms with van der Waals surface area (Å²) in [6.45, 7) is -5.32. The van der Waals surface area contributed by atoms with Crippen molar-refractivity contribution in [2.45, 2.75) is 49.1 Å². The fraction of sp³-hybridized carbons (Fsp3) is 0.500. The van der Waals surface area contributed by atoms with E-state index >= 15 is 4.39 Å². The number of hydrogen-bond donors (Lipinski definition) is 5. The lowest BCUT2D eigenvalue weighted by atomic mass is 10.1. The van der Waals surface area contributed by atoms with E-state index in [-0.39, 0.29) is 34.1 Å². The van der Waals surface area contributed by atoms with Crippen molar-refractivity contribution in [2.24, 2.45) is 0 Å². The monoisotopic (exact) mass is 675 g/mol. The summed E-state index contributed by atoms with van der Waals surface area (Å²) in [5, 5.41) is 11.1. The van der Waals surface area contributed by atoms with Crippen LogP contribution < -0.4 is 17.0 Å². The van der Waals surface area contributed by atoms with Crippen LogP contribution in [0.25, 0.3) is 22.3 Å². The highest BCUT2D eigenvalue weighted by molar-refractivity contribution is 8.07. The van der Waals surface area contributed by atoms with Crippen LogP contribution in [0.3, 0.4) is 0 Å². The second-order valence-electron chi connectivity index (χ2n) is 9.85. The van der Waals surface area contributed by atoms with Crippen LogP contribution in [-0.4, -0.2) is 98.9 Å². The number of alkyl halides is 1. The second-order valence-corrected chi connectivity index (χ2v) is 13.6. The summed E-state index contributed by atoms with van der Waals surface area (Å²) in [5.41, 5.74) is 11.1. The Hall–Kier alpha value is -3.14. The molecule has 44 heavy (non-hydrogen) atoms. The number of H-pyrrole nitrogens is 1. The van der Waals surface area contributed by atoms with Crippen LogP contribution in [0.15, 0.2) is 23.8 Å². The zero-order chi connectivity index (χ0) is 30.9. The molecule has 10 atom stereocenters. The van der Waals surface area contributed by atoms with Crippen molar-refractivity contribution in [3.8, 4) is 0 Å². The maximum Gasteiger partial charge on any atom is 0.697 e. The molecule has 0 aromatic carbocycles. The average Bonchev–Trinajstić information content (AvgIpc) is 3.72. The summed E-state index contributed by atoms with van der Waals surface area (Å²) >= 11 is 5.16. The second kappa shape index (κ2) is 11.0. The van der Waals surface area contributed by atoms with Gasteiger partial charge >= 0.3 is 15.0 Å². The molecule has 7 rings (SSSR count). The van der Waals surface area contributed by atoms with Gasteiger partial charge in [0.05, 0.1) is 19.3 Å². The molecule has 4 aromatic heterocycles. The number of aromatic nitrogens is 8. The molecule has 3 unspecified atom stereocenters. The normalized spacial score (nSPS) is 35.8. The van der Waals surface area contributed by atoms with E-state index < -0.39 is 82.9 Å². The van der Waals surface area contributed by atoms with Gasteiger partial charge in [0.1, 0.15) is 42.9 Å². The number of imidazole rings is 2. The van der Waals surface area contributed by atoms with Crippen molar-refractivity contribution in [1.29, 1.82) is 0 Å². The van der Waals surface area contributed by atoms with Crippen LogP contribution in [0.1, 0.15) is 12.5 Å². The molecule has 20 nitrogen and oxygen atoms in total. The molecule has 0 amide bonds. The van der Waals surface area contributed by atoms with Crippen molar-refractivity contribution in [2.75, 3.05) is 24.7 Å². The van der Waals surface area contributed by atoms with Gasteiger partial charge in [-0.15, -0.1) is 9.05 Å². The predicted octanol–water partition coefficient (Wildman–Crippen LogP) is -0.691. The zero-order valence-electron chi connectivity index (χ0n) is 21.9. The lowest BCUT2D eigenvalue weighted by molar-refractivity contribution is -0.0570. The van der Waals surface area contributed by atoms with Crippen molar-refractivity contribution >= 4 is 60.9 Å². The SMILES string of the molecule is Nc1nc2c(ncn2[C@@H]2O[C@@H]3COP(O)(=S)O[C@@H]4C(CO[P+](=O)O[C@H]3[C@H]2O)O[C@@H](n2cnc3c(N)ncnc32)[C@@H]4F)c(=O)[nH]1. The third kappa shape index (κ3) is 5.07. The number of aliphatic hydroxyl groups is 1. The molecule has 7 N–H and O–H groups in total. The fourth-order valence-electron chi connectivity index (χ4n) is 5.19. The lowest BCUT2D eigenvalue weighted by Gasteiger charge is -2.25. The number of nitrogen functional groups attached to an aromatic ring is 2. The zero-order valence-corrected chi connectivity index (χ0v) is 24.5. The molecule has 234 valence electrons. The molecule has 3 saturated heterocycles. The van der Waals surface area contributed by atoms with Crippen molar-refractivity contribution < 1.29 is 46.5 Å². The molecule has 4 aromatic rings. The molecule has 0 radical (unpaired) electrons. The Morgan fingerprint density at radius 3 is 2.55 bits per heavy atom. The minimum atomic E-state index is -4.22. The number of anilines is 2. The maximum atomic E-state index is 15.9. The topological polar surface area (TPSA) is 272 Å². The molecule has 3 aliphatic rings. The van der Waals surface area contributed by atoms with E-state index in [2.05, 4.69) is 29.9 Å². The highest BCUT2D eigenvalue weighted by Crippen LogP contribution is 2.51. The summed E-state index contributed by atoms with van der Waals surface area (Å²) in [7, 11) is -2.97. The first-order valence-corrected chi connectivity index (χ1v) is 16.4. The van der Waals surface area contributed by atoms with E-state index in [1.165, 1.54) is 28.1 Å². The van der Waals surface area contributed by atoms with Gasteiger partial charge < -0.3 is 35.5 Å². The summed E-state index contributed by atoms with van der Waals surface area (Å²) in [6, 6.07) is 0. The molecule has 0 bridgehead atoms. The number of nitrogens with one attached hydrogen (secondary N) is 1. The largest absolute Gasteiger partial charge is 0.697 e. The van der Waals surface area contributed by atoms with Crippen molar-refractivity contribution in [1.82, 2.24) is 39.0 Å². The number of nitrogens with zero attached hydrogens (tertiary/aromatic N) is 7. The van der Waals surface area contributed by atoms with Gasteiger partial charge in [-0.3, -0.25) is 23.4 Å². The fourth-order valence-corrected chi connectivity index (χ4v) is 7.42. The summed E-state index contributed by atoms with van der Waals surface area (Å²) in [5.74, 6) is -0.147. The number of nitrogens with two attached hydrogens (primary N) is 2. The predicted molar refractivity (Wildman–Crippen MR) is 147 cm³/mol. The lowest BCUT2D eigenvalue weighted by Crippen LogP contribution is -2.37. The first kappa shape index (κ1) is 29.6. The molecular formula is C20H22FN10O10P2S+. The van der Waals surface area contributed by atoms with Gasteiger partial charge in [0, 0.05) is 4.57 Å². The molecule has 3 fully saturated rings. The van der Waals surface area contributed by atoms with Gasteiger partial charge in [-0.1, -0.05) is 0 Å². The van der Waals surface area contributed by atoms with Gasteiger partial charge in [0.25, 0.3) is 5.56 Å². The molecular weight excluding hydrogens is 653 g/mol. The first-order chi connectivity index (χ1) is 21.0. The van der Waals surface area contributed by atoms with Crippen LogP contribution in [0.2, 0.25) is 0 Å². The third-order valence-electron chi connectivity index (χ3n) is 7.17. The van der Waals surface area contributed by atoms with Gasteiger partial charge in [0.15, 0.2) is 47.4 Å². The standard InChI is InChI=1S/C20H21FN10O10P2S/c21-8-12-6(38-18(8)30-4-26-9-14(22)24-3-25-15(9)30)1-36-42(34)40-13-7(2-37-43(35,44)41-12)39-19(11(13)32)31-5-27-10-16(31)28-20(23)29-17(10)33/h3-8,11-13,18-19,32H,1-2H2,(H5-,22,23,24,25,28,29,33,35,44)/p+1/t6?,7-,8-,11-,12-,13-,18-,19-,43?/m1/s1. The highest BCUT2D eigenvalue weighted by Gasteiger charge is 2.55. The molecule has 0 spiro atoms. The average molecular weight is 675 g/mol. The smallest absolute Gasteiger partial charge is 0.385 e. The number of aliphatic hydroxyl groups excluding tert-OH is 1. The Bertz CT molecular complexity index is 1880. The van der Waals surface area contributed by atoms with E-state index in [1.54, 1.807) is 0 Å². The minimum Gasteiger partial charge on any atom is -0.385 e. The van der Waals surface area contributed by atoms with Crippen LogP contribution in [0.4, 0.5) is 16.2 Å². The van der Waals surface area contributed by atoms with Crippen LogP contribution in [0.5, 0.6) is 0 Å². The minimum absolute atomic E-state index is 0.0156. The quantitative estimate of drug-likeness (QED) is 0.164. The number of rotatable bonds is 2.